The minimum absolute atomic E-state index is 0.414. The Hall–Kier alpha value is -1.89. The maximum atomic E-state index is 4.79. The summed E-state index contributed by atoms with van der Waals surface area (Å²) >= 11 is 1.79. The van der Waals surface area contributed by atoms with Gasteiger partial charge in [-0.1, -0.05) is 20.8 Å². The first-order valence-corrected chi connectivity index (χ1v) is 10.2. The Kier molecular flexibility index (Phi) is 7.63. The van der Waals surface area contributed by atoms with Gasteiger partial charge in [-0.3, -0.25) is 9.67 Å². The number of aryl methyl sites for hydroxylation is 2. The van der Waals surface area contributed by atoms with Crippen LogP contribution in [0, 0.1) is 0 Å². The SMILES string of the molecule is CCNC(=NCCc1ncc(CC)s1)N(C)Cc1cn(C)nc1C(C)C. The van der Waals surface area contributed by atoms with E-state index in [4.69, 9.17) is 4.99 Å². The van der Waals surface area contributed by atoms with Crippen molar-refractivity contribution in [2.75, 3.05) is 20.1 Å². The predicted molar refractivity (Wildman–Crippen MR) is 110 cm³/mol. The summed E-state index contributed by atoms with van der Waals surface area (Å²) in [5, 5.41) is 9.16. The van der Waals surface area contributed by atoms with E-state index in [9.17, 15) is 0 Å². The number of aliphatic imine (C=N–C) groups is 1. The third kappa shape index (κ3) is 5.56. The highest BCUT2D eigenvalue weighted by atomic mass is 32.1. The van der Waals surface area contributed by atoms with Gasteiger partial charge in [-0.2, -0.15) is 5.10 Å². The molecule has 0 aromatic carbocycles. The van der Waals surface area contributed by atoms with Crippen LogP contribution in [0.4, 0.5) is 0 Å². The quantitative estimate of drug-likeness (QED) is 0.568. The molecule has 2 aromatic heterocycles. The molecule has 0 aliphatic heterocycles. The number of hydrogen-bond donors (Lipinski definition) is 1. The van der Waals surface area contributed by atoms with Gasteiger partial charge in [0.2, 0.25) is 0 Å². The first-order chi connectivity index (χ1) is 12.4. The summed E-state index contributed by atoms with van der Waals surface area (Å²) in [5.74, 6) is 1.34. The average molecular weight is 377 g/mol. The Bertz CT molecular complexity index is 715. The number of thiazole rings is 1. The van der Waals surface area contributed by atoms with Crippen molar-refractivity contribution in [1.29, 1.82) is 0 Å². The van der Waals surface area contributed by atoms with Gasteiger partial charge in [-0.15, -0.1) is 11.3 Å². The second-order valence-electron chi connectivity index (χ2n) is 6.78. The molecule has 0 saturated heterocycles. The Morgan fingerprint density at radius 3 is 2.77 bits per heavy atom. The molecule has 0 aliphatic rings. The highest BCUT2D eigenvalue weighted by Gasteiger charge is 2.15. The highest BCUT2D eigenvalue weighted by molar-refractivity contribution is 7.11. The Morgan fingerprint density at radius 1 is 1.38 bits per heavy atom. The van der Waals surface area contributed by atoms with Crippen molar-refractivity contribution in [3.05, 3.63) is 33.5 Å². The van der Waals surface area contributed by atoms with Crippen LogP contribution in [-0.4, -0.2) is 45.8 Å². The molecule has 0 bridgehead atoms. The van der Waals surface area contributed by atoms with Crippen molar-refractivity contribution in [2.24, 2.45) is 12.0 Å². The number of rotatable bonds is 8. The number of hydrogen-bond acceptors (Lipinski definition) is 4. The molecule has 0 radical (unpaired) electrons. The summed E-state index contributed by atoms with van der Waals surface area (Å²) in [6.45, 7) is 11.0. The van der Waals surface area contributed by atoms with Crippen molar-refractivity contribution in [1.82, 2.24) is 25.0 Å². The van der Waals surface area contributed by atoms with E-state index in [1.807, 2.05) is 17.9 Å². The maximum absolute atomic E-state index is 4.79. The average Bonchev–Trinajstić information content (AvgIpc) is 3.20. The van der Waals surface area contributed by atoms with Gasteiger partial charge in [0.15, 0.2) is 5.96 Å². The third-order valence-corrected chi connectivity index (χ3v) is 5.33. The molecule has 2 aromatic rings. The van der Waals surface area contributed by atoms with Crippen molar-refractivity contribution >= 4 is 17.3 Å². The van der Waals surface area contributed by atoms with Crippen molar-refractivity contribution < 1.29 is 0 Å². The molecule has 7 heteroatoms. The molecule has 144 valence electrons. The number of aromatic nitrogens is 3. The molecule has 0 unspecified atom stereocenters. The van der Waals surface area contributed by atoms with E-state index in [0.717, 1.165) is 44.1 Å². The van der Waals surface area contributed by atoms with E-state index in [1.54, 1.807) is 11.3 Å². The van der Waals surface area contributed by atoms with Crippen LogP contribution in [0.1, 0.15) is 54.8 Å². The zero-order valence-electron chi connectivity index (χ0n) is 16.9. The van der Waals surface area contributed by atoms with Gasteiger partial charge in [-0.25, -0.2) is 4.98 Å². The molecule has 2 heterocycles. The van der Waals surface area contributed by atoms with Gasteiger partial charge in [0.1, 0.15) is 0 Å². The van der Waals surface area contributed by atoms with Crippen LogP contribution in [0.25, 0.3) is 0 Å². The standard InChI is InChI=1S/C19H32N6S/c1-7-16-11-22-17(26-16)9-10-21-19(20-8-2)24(5)12-15-13-25(6)23-18(15)14(3)4/h11,13-14H,7-10,12H2,1-6H3,(H,20,21). The van der Waals surface area contributed by atoms with Crippen LogP contribution in [-0.2, 0) is 26.4 Å². The van der Waals surface area contributed by atoms with Gasteiger partial charge in [0.25, 0.3) is 0 Å². The zero-order chi connectivity index (χ0) is 19.1. The van der Waals surface area contributed by atoms with Crippen LogP contribution in [0.2, 0.25) is 0 Å². The molecule has 0 atom stereocenters. The van der Waals surface area contributed by atoms with Gasteiger partial charge >= 0.3 is 0 Å². The van der Waals surface area contributed by atoms with Crippen molar-refractivity contribution in [3.8, 4) is 0 Å². The van der Waals surface area contributed by atoms with Crippen LogP contribution < -0.4 is 5.32 Å². The largest absolute Gasteiger partial charge is 0.357 e. The molecule has 0 fully saturated rings. The van der Waals surface area contributed by atoms with E-state index in [0.29, 0.717) is 5.92 Å². The second-order valence-corrected chi connectivity index (χ2v) is 7.98. The number of nitrogens with one attached hydrogen (secondary N) is 1. The lowest BCUT2D eigenvalue weighted by molar-refractivity contribution is 0.473. The summed E-state index contributed by atoms with van der Waals surface area (Å²) in [6.07, 6.45) is 6.03. The summed E-state index contributed by atoms with van der Waals surface area (Å²) in [6, 6.07) is 0. The Balaban J connectivity index is 2.02. The van der Waals surface area contributed by atoms with Crippen molar-refractivity contribution in [3.63, 3.8) is 0 Å². The molecule has 0 aliphatic carbocycles. The molecule has 6 nitrogen and oxygen atoms in total. The first kappa shape index (κ1) is 20.4. The second kappa shape index (κ2) is 9.71. The minimum Gasteiger partial charge on any atom is -0.357 e. The Morgan fingerprint density at radius 2 is 2.15 bits per heavy atom. The normalized spacial score (nSPS) is 12.0. The topological polar surface area (TPSA) is 58.3 Å². The fraction of sp³-hybridized carbons (Fsp3) is 0.632. The van der Waals surface area contributed by atoms with E-state index >= 15 is 0 Å². The van der Waals surface area contributed by atoms with Gasteiger partial charge in [0.05, 0.1) is 10.7 Å². The molecule has 26 heavy (non-hydrogen) atoms. The fourth-order valence-electron chi connectivity index (χ4n) is 2.85. The van der Waals surface area contributed by atoms with Crippen LogP contribution >= 0.6 is 11.3 Å². The molecule has 0 spiro atoms. The molecule has 0 saturated carbocycles. The van der Waals surface area contributed by atoms with Gasteiger partial charge in [-0.05, 0) is 19.3 Å². The Labute approximate surface area is 161 Å². The lowest BCUT2D eigenvalue weighted by atomic mass is 10.1. The third-order valence-electron chi connectivity index (χ3n) is 4.13. The van der Waals surface area contributed by atoms with Gasteiger partial charge in [0, 0.05) is 63.0 Å². The van der Waals surface area contributed by atoms with Gasteiger partial charge < -0.3 is 10.2 Å². The number of guanidine groups is 1. The lowest BCUT2D eigenvalue weighted by Gasteiger charge is -2.22. The monoisotopic (exact) mass is 376 g/mol. The molecular formula is C19H32N6S. The lowest BCUT2D eigenvalue weighted by Crippen LogP contribution is -2.38. The summed E-state index contributed by atoms with van der Waals surface area (Å²) in [5.41, 5.74) is 2.41. The fourth-order valence-corrected chi connectivity index (χ4v) is 3.70. The number of nitrogens with zero attached hydrogens (tertiary/aromatic N) is 5. The van der Waals surface area contributed by atoms with Crippen molar-refractivity contribution in [2.45, 2.75) is 53.0 Å². The molecular weight excluding hydrogens is 344 g/mol. The maximum Gasteiger partial charge on any atom is 0.193 e. The van der Waals surface area contributed by atoms with Crippen LogP contribution in [0.3, 0.4) is 0 Å². The van der Waals surface area contributed by atoms with Crippen LogP contribution in [0.15, 0.2) is 17.4 Å². The van der Waals surface area contributed by atoms with E-state index in [-0.39, 0.29) is 0 Å². The van der Waals surface area contributed by atoms with E-state index in [2.05, 4.69) is 61.2 Å². The summed E-state index contributed by atoms with van der Waals surface area (Å²) in [4.78, 5) is 12.8. The molecule has 2 rings (SSSR count). The summed E-state index contributed by atoms with van der Waals surface area (Å²) in [7, 11) is 4.06. The van der Waals surface area contributed by atoms with E-state index in [1.165, 1.54) is 15.4 Å². The first-order valence-electron chi connectivity index (χ1n) is 9.40. The van der Waals surface area contributed by atoms with Crippen LogP contribution in [0.5, 0.6) is 0 Å². The molecule has 1 N–H and O–H groups in total. The minimum atomic E-state index is 0.414. The summed E-state index contributed by atoms with van der Waals surface area (Å²) < 4.78 is 1.90. The van der Waals surface area contributed by atoms with E-state index < -0.39 is 0 Å². The smallest absolute Gasteiger partial charge is 0.193 e. The highest BCUT2D eigenvalue weighted by Crippen LogP contribution is 2.18. The predicted octanol–water partition coefficient (Wildman–Crippen LogP) is 3.20. The molecule has 0 amide bonds. The zero-order valence-corrected chi connectivity index (χ0v) is 17.7.